The van der Waals surface area contributed by atoms with Gasteiger partial charge >= 0.3 is 12.1 Å². The smallest absolute Gasteiger partial charge is 0.416 e. The van der Waals surface area contributed by atoms with Crippen LogP contribution in [0.3, 0.4) is 0 Å². The highest BCUT2D eigenvalue weighted by Gasteiger charge is 2.55. The normalized spacial score (nSPS) is 17.6. The molecule has 0 bridgehead atoms. The van der Waals surface area contributed by atoms with Gasteiger partial charge in [-0.1, -0.05) is 18.2 Å². The van der Waals surface area contributed by atoms with Gasteiger partial charge in [0.15, 0.2) is 14.6 Å². The zero-order valence-electron chi connectivity index (χ0n) is 19.6. The summed E-state index contributed by atoms with van der Waals surface area (Å²) in [6.07, 6.45) is -0.180. The summed E-state index contributed by atoms with van der Waals surface area (Å²) in [5.74, 6) is -1.52. The second-order valence-electron chi connectivity index (χ2n) is 8.99. The maximum Gasteiger partial charge on any atom is 0.416 e. The van der Waals surface area contributed by atoms with Crippen LogP contribution in [-0.4, -0.2) is 56.1 Å². The molecule has 8 nitrogen and oxygen atoms in total. The summed E-state index contributed by atoms with van der Waals surface area (Å²) >= 11 is 0. The number of benzene rings is 2. The van der Waals surface area contributed by atoms with Crippen LogP contribution in [0.15, 0.2) is 53.4 Å². The van der Waals surface area contributed by atoms with Gasteiger partial charge in [-0.2, -0.15) is 0 Å². The lowest BCUT2D eigenvalue weighted by atomic mass is 9.79. The van der Waals surface area contributed by atoms with Crippen molar-refractivity contribution < 1.29 is 27.9 Å². The number of rotatable bonds is 5. The number of ether oxygens (including phenoxy) is 1. The zero-order valence-corrected chi connectivity index (χ0v) is 20.4. The number of carbonyl (C=O) groups is 2. The van der Waals surface area contributed by atoms with Crippen LogP contribution in [0.25, 0.3) is 10.9 Å². The molecule has 2 atom stereocenters. The first-order valence-corrected chi connectivity index (χ1v) is 12.5. The minimum atomic E-state index is -4.13. The van der Waals surface area contributed by atoms with E-state index in [1.165, 1.54) is 30.7 Å². The average molecular weight is 485 g/mol. The number of carbonyl (C=O) groups excluding carboxylic acids is 1. The largest absolute Gasteiger partial charge is 0.468 e. The molecule has 34 heavy (non-hydrogen) atoms. The topological polar surface area (TPSA) is 106 Å². The molecule has 180 valence electrons. The van der Waals surface area contributed by atoms with Crippen molar-refractivity contribution in [2.75, 3.05) is 26.1 Å². The van der Waals surface area contributed by atoms with Crippen LogP contribution in [0.5, 0.6) is 0 Å². The highest BCUT2D eigenvalue weighted by Crippen LogP contribution is 2.43. The summed E-state index contributed by atoms with van der Waals surface area (Å²) in [5.41, 5.74) is 2.88. The molecule has 0 saturated carbocycles. The number of anilines is 1. The molecule has 0 fully saturated rings. The average Bonchev–Trinajstić information content (AvgIpc) is 3.16. The SMILES string of the molecule is COC(=O)C(C)(C1CCc2c(n(C(=O)O)c3ccc(N(C)C)cc23)C1)S(=O)(=O)c1ccccc1. The van der Waals surface area contributed by atoms with Crippen LogP contribution < -0.4 is 4.90 Å². The summed E-state index contributed by atoms with van der Waals surface area (Å²) in [7, 11) is 0.861. The summed E-state index contributed by atoms with van der Waals surface area (Å²) < 4.78 is 31.8. The van der Waals surface area contributed by atoms with Crippen LogP contribution in [0, 0.1) is 5.92 Å². The molecule has 2 aromatic carbocycles. The standard InChI is InChI=1S/C25H28N2O6S/c1-25(23(28)33-4,34(31,32)18-8-6-5-7-9-18)16-10-12-19-20-15-17(26(2)3)11-13-21(20)27(24(29)30)22(19)14-16/h5-9,11,13,15-16H,10,12,14H2,1-4H3,(H,29,30). The van der Waals surface area contributed by atoms with E-state index in [4.69, 9.17) is 4.74 Å². The van der Waals surface area contributed by atoms with Gasteiger partial charge in [0.1, 0.15) is 0 Å². The van der Waals surface area contributed by atoms with E-state index in [0.717, 1.165) is 16.6 Å². The van der Waals surface area contributed by atoms with Crippen LogP contribution in [-0.2, 0) is 32.2 Å². The first-order valence-electron chi connectivity index (χ1n) is 11.0. The number of methoxy groups -OCH3 is 1. The third kappa shape index (κ3) is 3.46. The molecule has 0 radical (unpaired) electrons. The molecule has 1 aliphatic carbocycles. The lowest BCUT2D eigenvalue weighted by molar-refractivity contribution is -0.145. The van der Waals surface area contributed by atoms with Gasteiger partial charge in [-0.15, -0.1) is 0 Å². The summed E-state index contributed by atoms with van der Waals surface area (Å²) in [6, 6.07) is 13.4. The predicted octanol–water partition coefficient (Wildman–Crippen LogP) is 3.74. The van der Waals surface area contributed by atoms with Gasteiger partial charge in [-0.25, -0.2) is 17.8 Å². The van der Waals surface area contributed by atoms with Crippen molar-refractivity contribution in [2.24, 2.45) is 5.92 Å². The molecular formula is C25H28N2O6S. The zero-order chi connectivity index (χ0) is 24.8. The van der Waals surface area contributed by atoms with Crippen molar-refractivity contribution >= 4 is 38.5 Å². The fourth-order valence-corrected chi connectivity index (χ4v) is 7.00. The van der Waals surface area contributed by atoms with E-state index in [9.17, 15) is 23.1 Å². The van der Waals surface area contributed by atoms with Crippen molar-refractivity contribution in [1.29, 1.82) is 0 Å². The summed E-state index contributed by atoms with van der Waals surface area (Å²) in [5, 5.41) is 10.9. The van der Waals surface area contributed by atoms with Crippen molar-refractivity contribution in [3.63, 3.8) is 0 Å². The van der Waals surface area contributed by atoms with E-state index < -0.39 is 32.6 Å². The second kappa shape index (κ2) is 8.47. The van der Waals surface area contributed by atoms with Crippen LogP contribution in [0.4, 0.5) is 10.5 Å². The van der Waals surface area contributed by atoms with Gasteiger partial charge in [0.2, 0.25) is 0 Å². The fourth-order valence-electron chi connectivity index (χ4n) is 5.05. The van der Waals surface area contributed by atoms with E-state index in [1.807, 2.05) is 31.1 Å². The molecule has 2 unspecified atom stereocenters. The molecule has 4 rings (SSSR count). The first-order chi connectivity index (χ1) is 16.0. The van der Waals surface area contributed by atoms with Gasteiger partial charge < -0.3 is 14.7 Å². The summed E-state index contributed by atoms with van der Waals surface area (Å²) in [6.45, 7) is 1.40. The Kier molecular flexibility index (Phi) is 5.93. The van der Waals surface area contributed by atoms with E-state index in [1.54, 1.807) is 24.3 Å². The minimum Gasteiger partial charge on any atom is -0.468 e. The second-order valence-corrected chi connectivity index (χ2v) is 11.3. The summed E-state index contributed by atoms with van der Waals surface area (Å²) in [4.78, 5) is 27.3. The van der Waals surface area contributed by atoms with Crippen LogP contribution >= 0.6 is 0 Å². The number of esters is 1. The molecule has 0 saturated heterocycles. The number of hydrogen-bond acceptors (Lipinski definition) is 6. The third-order valence-electron chi connectivity index (χ3n) is 7.04. The van der Waals surface area contributed by atoms with E-state index in [-0.39, 0.29) is 11.3 Å². The molecule has 0 amide bonds. The van der Waals surface area contributed by atoms with E-state index in [2.05, 4.69) is 0 Å². The number of nitrogens with zero attached hydrogens (tertiary/aromatic N) is 2. The number of sulfone groups is 1. The predicted molar refractivity (Wildman–Crippen MR) is 129 cm³/mol. The Morgan fingerprint density at radius 2 is 1.82 bits per heavy atom. The molecule has 0 aliphatic heterocycles. The number of fused-ring (bicyclic) bond motifs is 3. The maximum absolute atomic E-state index is 13.7. The maximum atomic E-state index is 13.7. The molecular weight excluding hydrogens is 456 g/mol. The Hall–Kier alpha value is -3.33. The van der Waals surface area contributed by atoms with Gasteiger partial charge in [0.25, 0.3) is 0 Å². The Balaban J connectivity index is 1.88. The van der Waals surface area contributed by atoms with Crippen molar-refractivity contribution in [3.8, 4) is 0 Å². The number of hydrogen-bond donors (Lipinski definition) is 1. The van der Waals surface area contributed by atoms with Crippen molar-refractivity contribution in [2.45, 2.75) is 35.8 Å². The van der Waals surface area contributed by atoms with Gasteiger partial charge in [0.05, 0.1) is 17.5 Å². The quantitative estimate of drug-likeness (QED) is 0.550. The van der Waals surface area contributed by atoms with E-state index in [0.29, 0.717) is 24.1 Å². The highest BCUT2D eigenvalue weighted by molar-refractivity contribution is 7.93. The van der Waals surface area contributed by atoms with Crippen LogP contribution in [0.1, 0.15) is 24.6 Å². The van der Waals surface area contributed by atoms with Crippen molar-refractivity contribution in [3.05, 3.63) is 59.8 Å². The third-order valence-corrected chi connectivity index (χ3v) is 9.55. The molecule has 3 aromatic rings. The van der Waals surface area contributed by atoms with Crippen LogP contribution in [0.2, 0.25) is 0 Å². The number of aromatic nitrogens is 1. The lowest BCUT2D eigenvalue weighted by Gasteiger charge is -2.37. The highest BCUT2D eigenvalue weighted by atomic mass is 32.2. The molecule has 1 aliphatic rings. The van der Waals surface area contributed by atoms with Crippen molar-refractivity contribution in [1.82, 2.24) is 4.57 Å². The Bertz CT molecular complexity index is 1380. The van der Waals surface area contributed by atoms with Gasteiger partial charge in [-0.3, -0.25) is 4.79 Å². The molecule has 1 aromatic heterocycles. The monoisotopic (exact) mass is 484 g/mol. The molecule has 9 heteroatoms. The van der Waals surface area contributed by atoms with Gasteiger partial charge in [0, 0.05) is 30.9 Å². The van der Waals surface area contributed by atoms with Gasteiger partial charge in [-0.05, 0) is 68.0 Å². The Morgan fingerprint density at radius 1 is 1.15 bits per heavy atom. The molecule has 0 spiro atoms. The number of carboxylic acid groups (broad SMARTS) is 1. The Labute approximate surface area is 198 Å². The minimum absolute atomic E-state index is 0.0306. The fraction of sp³-hybridized carbons (Fsp3) is 0.360. The van der Waals surface area contributed by atoms with E-state index >= 15 is 0 Å². The Morgan fingerprint density at radius 3 is 2.41 bits per heavy atom. The lowest BCUT2D eigenvalue weighted by Crippen LogP contribution is -2.52. The first kappa shape index (κ1) is 23.8. The number of aryl methyl sites for hydroxylation is 1. The molecule has 1 N–H and O–H groups in total. The molecule has 1 heterocycles.